The Hall–Kier alpha value is -2.24. The van der Waals surface area contributed by atoms with Gasteiger partial charge in [-0.25, -0.2) is 9.89 Å². The Kier molecular flexibility index (Phi) is 2.86. The van der Waals surface area contributed by atoms with Crippen LogP contribution in [-0.2, 0) is 0 Å². The fraction of sp³-hybridized carbons (Fsp3) is 0.273. The maximum absolute atomic E-state index is 11.1. The second-order valence-electron chi connectivity index (χ2n) is 3.57. The number of ether oxygens (including phenoxy) is 2. The normalized spacial score (nSPS) is 10.3. The van der Waals surface area contributed by atoms with Crippen LogP contribution in [0.3, 0.4) is 0 Å². The highest BCUT2D eigenvalue weighted by Crippen LogP contribution is 2.36. The quantitative estimate of drug-likeness (QED) is 0.834. The van der Waals surface area contributed by atoms with Crippen molar-refractivity contribution in [2.45, 2.75) is 6.92 Å². The summed E-state index contributed by atoms with van der Waals surface area (Å²) in [4.78, 5) is 13.7. The standard InChI is InChI=1S/C11H13N3O3/c1-6-4-7(16-2)9(8(5-6)17-3)10-12-11(15)14-13-10/h4-5H,1-3H3,(H2,12,13,14,15). The largest absolute Gasteiger partial charge is 0.496 e. The predicted molar refractivity (Wildman–Crippen MR) is 62.5 cm³/mol. The molecule has 0 aliphatic rings. The third kappa shape index (κ3) is 2.01. The van der Waals surface area contributed by atoms with Crippen molar-refractivity contribution in [2.75, 3.05) is 14.2 Å². The summed E-state index contributed by atoms with van der Waals surface area (Å²) >= 11 is 0. The summed E-state index contributed by atoms with van der Waals surface area (Å²) in [5, 5.41) is 6.19. The molecule has 1 aromatic heterocycles. The summed E-state index contributed by atoms with van der Waals surface area (Å²) in [5.74, 6) is 1.60. The van der Waals surface area contributed by atoms with E-state index in [4.69, 9.17) is 9.47 Å². The minimum absolute atomic E-state index is 0.371. The van der Waals surface area contributed by atoms with Crippen LogP contribution in [0.25, 0.3) is 11.4 Å². The molecule has 0 fully saturated rings. The highest BCUT2D eigenvalue weighted by atomic mass is 16.5. The molecule has 0 saturated heterocycles. The summed E-state index contributed by atoms with van der Waals surface area (Å²) in [6.07, 6.45) is 0. The highest BCUT2D eigenvalue weighted by Gasteiger charge is 2.16. The van der Waals surface area contributed by atoms with Gasteiger partial charge in [0.2, 0.25) is 0 Å². The van der Waals surface area contributed by atoms with Gasteiger partial charge in [0.05, 0.1) is 14.2 Å². The number of methoxy groups -OCH3 is 2. The zero-order valence-electron chi connectivity index (χ0n) is 9.83. The number of H-pyrrole nitrogens is 2. The van der Waals surface area contributed by atoms with Gasteiger partial charge >= 0.3 is 5.69 Å². The van der Waals surface area contributed by atoms with Gasteiger partial charge in [-0.2, -0.15) is 5.10 Å². The maximum atomic E-state index is 11.1. The molecule has 0 atom stereocenters. The van der Waals surface area contributed by atoms with Crippen LogP contribution >= 0.6 is 0 Å². The third-order valence-electron chi connectivity index (χ3n) is 2.39. The van der Waals surface area contributed by atoms with E-state index in [2.05, 4.69) is 15.2 Å². The van der Waals surface area contributed by atoms with Gasteiger partial charge in [-0.1, -0.05) is 0 Å². The lowest BCUT2D eigenvalue weighted by molar-refractivity contribution is 0.396. The molecule has 0 radical (unpaired) electrons. The zero-order valence-corrected chi connectivity index (χ0v) is 9.83. The molecule has 0 unspecified atom stereocenters. The Morgan fingerprint density at radius 2 is 1.76 bits per heavy atom. The monoisotopic (exact) mass is 235 g/mol. The topological polar surface area (TPSA) is 80.0 Å². The Morgan fingerprint density at radius 1 is 1.18 bits per heavy atom. The number of hydrogen-bond donors (Lipinski definition) is 2. The van der Waals surface area contributed by atoms with Crippen molar-refractivity contribution < 1.29 is 9.47 Å². The predicted octanol–water partition coefficient (Wildman–Crippen LogP) is 1.09. The number of aromatic nitrogens is 3. The Balaban J connectivity index is 2.69. The van der Waals surface area contributed by atoms with Crippen molar-refractivity contribution in [1.82, 2.24) is 15.2 Å². The molecule has 6 heteroatoms. The second-order valence-corrected chi connectivity index (χ2v) is 3.57. The van der Waals surface area contributed by atoms with E-state index in [1.54, 1.807) is 14.2 Å². The number of rotatable bonds is 3. The number of aryl methyl sites for hydroxylation is 1. The minimum atomic E-state index is -0.371. The van der Waals surface area contributed by atoms with E-state index < -0.39 is 0 Å². The van der Waals surface area contributed by atoms with Crippen LogP contribution in [0.4, 0.5) is 0 Å². The molecule has 0 bridgehead atoms. The molecule has 0 spiro atoms. The van der Waals surface area contributed by atoms with Crippen molar-refractivity contribution in [3.05, 3.63) is 28.2 Å². The highest BCUT2D eigenvalue weighted by molar-refractivity contribution is 5.72. The van der Waals surface area contributed by atoms with Crippen LogP contribution in [0.15, 0.2) is 16.9 Å². The average Bonchev–Trinajstić information content (AvgIpc) is 2.74. The zero-order chi connectivity index (χ0) is 12.4. The molecule has 0 aliphatic carbocycles. The van der Waals surface area contributed by atoms with Crippen LogP contribution in [0.2, 0.25) is 0 Å². The van der Waals surface area contributed by atoms with Gasteiger partial charge in [0.25, 0.3) is 0 Å². The van der Waals surface area contributed by atoms with E-state index in [0.29, 0.717) is 22.9 Å². The Morgan fingerprint density at radius 3 is 2.18 bits per heavy atom. The lowest BCUT2D eigenvalue weighted by Gasteiger charge is -2.11. The van der Waals surface area contributed by atoms with Crippen molar-refractivity contribution in [3.63, 3.8) is 0 Å². The van der Waals surface area contributed by atoms with Crippen LogP contribution in [0, 0.1) is 6.92 Å². The first kappa shape index (κ1) is 11.3. The molecule has 17 heavy (non-hydrogen) atoms. The summed E-state index contributed by atoms with van der Waals surface area (Å²) in [6, 6.07) is 3.70. The smallest absolute Gasteiger partial charge is 0.340 e. The van der Waals surface area contributed by atoms with Crippen molar-refractivity contribution >= 4 is 0 Å². The van der Waals surface area contributed by atoms with E-state index >= 15 is 0 Å². The summed E-state index contributed by atoms with van der Waals surface area (Å²) in [7, 11) is 3.12. The molecule has 2 aromatic rings. The number of nitrogens with zero attached hydrogens (tertiary/aromatic N) is 1. The summed E-state index contributed by atoms with van der Waals surface area (Å²) in [5.41, 5.74) is 1.25. The van der Waals surface area contributed by atoms with Gasteiger partial charge in [0.15, 0.2) is 5.82 Å². The van der Waals surface area contributed by atoms with Gasteiger partial charge in [-0.3, -0.25) is 4.98 Å². The van der Waals surface area contributed by atoms with Gasteiger partial charge in [-0.05, 0) is 24.6 Å². The SMILES string of the molecule is COc1cc(C)cc(OC)c1-c1n[nH]c(=O)[nH]1. The van der Waals surface area contributed by atoms with Crippen LogP contribution in [-0.4, -0.2) is 29.4 Å². The fourth-order valence-corrected chi connectivity index (χ4v) is 1.66. The average molecular weight is 235 g/mol. The third-order valence-corrected chi connectivity index (χ3v) is 2.39. The first-order valence-corrected chi connectivity index (χ1v) is 5.03. The molecule has 1 aromatic carbocycles. The van der Waals surface area contributed by atoms with E-state index in [-0.39, 0.29) is 5.69 Å². The van der Waals surface area contributed by atoms with E-state index in [1.165, 1.54) is 0 Å². The fourth-order valence-electron chi connectivity index (χ4n) is 1.66. The minimum Gasteiger partial charge on any atom is -0.496 e. The number of hydrogen-bond acceptors (Lipinski definition) is 4. The Bertz CT molecular complexity index is 561. The molecule has 2 N–H and O–H groups in total. The van der Waals surface area contributed by atoms with Crippen molar-refractivity contribution in [3.8, 4) is 22.9 Å². The van der Waals surface area contributed by atoms with Gasteiger partial charge in [0, 0.05) is 0 Å². The van der Waals surface area contributed by atoms with Crippen molar-refractivity contribution in [2.24, 2.45) is 0 Å². The van der Waals surface area contributed by atoms with Gasteiger partial charge < -0.3 is 9.47 Å². The molecule has 2 rings (SSSR count). The number of benzene rings is 1. The lowest BCUT2D eigenvalue weighted by Crippen LogP contribution is -2.01. The van der Waals surface area contributed by atoms with Gasteiger partial charge in [0.1, 0.15) is 17.1 Å². The Labute approximate surface area is 97.6 Å². The second kappa shape index (κ2) is 4.32. The van der Waals surface area contributed by atoms with Crippen LogP contribution < -0.4 is 15.2 Å². The molecule has 0 saturated carbocycles. The van der Waals surface area contributed by atoms with Crippen molar-refractivity contribution in [1.29, 1.82) is 0 Å². The van der Waals surface area contributed by atoms with Crippen LogP contribution in [0.5, 0.6) is 11.5 Å². The molecule has 1 heterocycles. The number of nitrogens with one attached hydrogen (secondary N) is 2. The molecule has 0 aliphatic heterocycles. The van der Waals surface area contributed by atoms with E-state index in [0.717, 1.165) is 5.56 Å². The summed E-state index contributed by atoms with van der Waals surface area (Å²) < 4.78 is 10.6. The molecule has 90 valence electrons. The van der Waals surface area contributed by atoms with E-state index in [9.17, 15) is 4.79 Å². The van der Waals surface area contributed by atoms with E-state index in [1.807, 2.05) is 19.1 Å². The molecular formula is C11H13N3O3. The van der Waals surface area contributed by atoms with Crippen LogP contribution in [0.1, 0.15) is 5.56 Å². The number of aromatic amines is 2. The molecular weight excluding hydrogens is 222 g/mol. The van der Waals surface area contributed by atoms with Gasteiger partial charge in [-0.15, -0.1) is 0 Å². The first-order chi connectivity index (χ1) is 8.15. The first-order valence-electron chi connectivity index (χ1n) is 5.03. The maximum Gasteiger partial charge on any atom is 0.340 e. The molecule has 0 amide bonds. The lowest BCUT2D eigenvalue weighted by atomic mass is 10.1. The molecule has 6 nitrogen and oxygen atoms in total. The summed E-state index contributed by atoms with van der Waals surface area (Å²) in [6.45, 7) is 1.93.